The highest BCUT2D eigenvalue weighted by atomic mass is 32.1. The molecule has 0 aromatic carbocycles. The normalized spacial score (nSPS) is 19.8. The number of fused-ring (bicyclic) bond motifs is 4. The monoisotopic (exact) mass is 1640 g/mol. The fraction of sp³-hybridized carbons (Fsp3) is 0.458. The van der Waals surface area contributed by atoms with Gasteiger partial charge in [-0.2, -0.15) is 0 Å². The lowest BCUT2D eigenvalue weighted by atomic mass is 9.95. The maximum Gasteiger partial charge on any atom is 0.222 e. The zero-order valence-electron chi connectivity index (χ0n) is 66.9. The van der Waals surface area contributed by atoms with E-state index in [0.717, 1.165) is 171 Å². The summed E-state index contributed by atoms with van der Waals surface area (Å²) in [4.78, 5) is 120. The van der Waals surface area contributed by atoms with Gasteiger partial charge in [0.05, 0.1) is 76.7 Å². The minimum Gasteiger partial charge on any atom is -0.391 e. The average Bonchev–Trinajstić information content (AvgIpc) is 1.71. The van der Waals surface area contributed by atoms with Crippen molar-refractivity contribution in [3.63, 3.8) is 0 Å². The molecule has 608 valence electrons. The summed E-state index contributed by atoms with van der Waals surface area (Å²) >= 11 is 5.66. The molecule has 16 rings (SSSR count). The van der Waals surface area contributed by atoms with Gasteiger partial charge in [0.1, 0.15) is 49.3 Å². The number of carbonyl (C=O) groups is 5. The lowest BCUT2D eigenvalue weighted by Gasteiger charge is -2.37. The van der Waals surface area contributed by atoms with Crippen molar-refractivity contribution in [3.8, 4) is 42.3 Å². The highest BCUT2D eigenvalue weighted by Gasteiger charge is 2.34. The van der Waals surface area contributed by atoms with Gasteiger partial charge in [0.2, 0.25) is 23.6 Å². The Labute approximate surface area is 683 Å². The van der Waals surface area contributed by atoms with E-state index in [-0.39, 0.29) is 60.2 Å². The molecule has 0 aliphatic carbocycles. The number of Topliss-reactive ketones (excluding diaryl/α,β-unsaturated/α-hetero) is 1. The maximum absolute atomic E-state index is 13.0. The number of pyridine rings is 4. The molecule has 10 N–H and O–H groups in total. The van der Waals surface area contributed by atoms with Crippen molar-refractivity contribution in [3.05, 3.63) is 118 Å². The number of ketones is 1. The summed E-state index contributed by atoms with van der Waals surface area (Å²) in [5.74, 6) is 2.50. The molecule has 4 amide bonds. The van der Waals surface area contributed by atoms with Gasteiger partial charge in [0, 0.05) is 205 Å². The van der Waals surface area contributed by atoms with Crippen LogP contribution in [0.15, 0.2) is 98.6 Å². The van der Waals surface area contributed by atoms with Crippen LogP contribution in [0.2, 0.25) is 0 Å². The number of anilines is 4. The van der Waals surface area contributed by atoms with E-state index >= 15 is 0 Å². The molecule has 27 nitrogen and oxygen atoms in total. The second-order valence-corrected chi connectivity index (χ2v) is 35.5. The first-order valence-electron chi connectivity index (χ1n) is 39.6. The van der Waals surface area contributed by atoms with Crippen molar-refractivity contribution in [2.75, 3.05) is 73.6 Å². The van der Waals surface area contributed by atoms with Crippen LogP contribution in [0.25, 0.3) is 86.4 Å². The van der Waals surface area contributed by atoms with E-state index in [1.807, 2.05) is 109 Å². The molecule has 8 atom stereocenters. The van der Waals surface area contributed by atoms with Crippen LogP contribution >= 0.6 is 45.3 Å². The van der Waals surface area contributed by atoms with Crippen molar-refractivity contribution in [2.45, 2.75) is 171 Å². The summed E-state index contributed by atoms with van der Waals surface area (Å²) in [6, 6.07) is 8.59. The largest absolute Gasteiger partial charge is 0.391 e. The molecular weight excluding hydrogens is 1540 g/mol. The van der Waals surface area contributed by atoms with Gasteiger partial charge in [-0.1, -0.05) is 55.4 Å². The molecule has 12 aromatic rings. The third-order valence-electron chi connectivity index (χ3n) is 21.3. The number of nitrogens with zero attached hydrogens (tertiary/aromatic N) is 12. The van der Waals surface area contributed by atoms with Gasteiger partial charge in [-0.25, -0.2) is 44.3 Å². The molecular formula is C83H103FN20O7S4. The van der Waals surface area contributed by atoms with Gasteiger partial charge in [-0.15, -0.1) is 45.3 Å². The number of alkyl halides is 1. The second-order valence-electron chi connectivity index (χ2n) is 31.2. The number of amides is 4. The van der Waals surface area contributed by atoms with E-state index in [9.17, 15) is 38.6 Å². The third-order valence-corrected chi connectivity index (χ3v) is 25.8. The summed E-state index contributed by atoms with van der Waals surface area (Å²) in [7, 11) is 0. The predicted molar refractivity (Wildman–Crippen MR) is 457 cm³/mol. The molecule has 115 heavy (non-hydrogen) atoms. The number of halogens is 1. The number of thiazole rings is 4. The maximum atomic E-state index is 13.0. The van der Waals surface area contributed by atoms with Gasteiger partial charge in [0.25, 0.3) is 0 Å². The minimum atomic E-state index is -0.936. The number of hydrogen-bond acceptors (Lipinski definition) is 23. The first kappa shape index (κ1) is 82.8. The highest BCUT2D eigenvalue weighted by Crippen LogP contribution is 2.43. The molecule has 4 fully saturated rings. The lowest BCUT2D eigenvalue weighted by molar-refractivity contribution is -0.133. The summed E-state index contributed by atoms with van der Waals surface area (Å²) in [5.41, 5.74) is 9.69. The zero-order valence-corrected chi connectivity index (χ0v) is 70.2. The number of nitrogens with one attached hydrogen (secondary N) is 8. The van der Waals surface area contributed by atoms with Crippen LogP contribution < -0.4 is 21.3 Å². The number of piperidine rings is 4. The number of aliphatic hydroxyl groups is 2. The fourth-order valence-corrected chi connectivity index (χ4v) is 19.2. The molecule has 0 saturated carbocycles. The van der Waals surface area contributed by atoms with Crippen molar-refractivity contribution in [1.82, 2.24) is 79.4 Å². The van der Waals surface area contributed by atoms with Crippen LogP contribution in [0.1, 0.15) is 152 Å². The van der Waals surface area contributed by atoms with E-state index in [1.165, 1.54) is 45.3 Å². The summed E-state index contributed by atoms with van der Waals surface area (Å²) < 4.78 is 13.0. The highest BCUT2D eigenvalue weighted by molar-refractivity contribution is 7.17. The number of carbonyl (C=O) groups excluding carboxylic acids is 5. The smallest absolute Gasteiger partial charge is 0.222 e. The molecule has 32 heteroatoms. The van der Waals surface area contributed by atoms with E-state index in [4.69, 9.17) is 0 Å². The van der Waals surface area contributed by atoms with Crippen LogP contribution in [-0.4, -0.2) is 196 Å². The van der Waals surface area contributed by atoms with E-state index < -0.39 is 12.3 Å². The van der Waals surface area contributed by atoms with Gasteiger partial charge < -0.3 is 71.0 Å². The van der Waals surface area contributed by atoms with E-state index in [2.05, 4.69) is 109 Å². The van der Waals surface area contributed by atoms with Crippen molar-refractivity contribution >= 4 is 142 Å². The van der Waals surface area contributed by atoms with Crippen LogP contribution in [0, 0.1) is 23.7 Å². The van der Waals surface area contributed by atoms with E-state index in [0.29, 0.717) is 85.3 Å². The summed E-state index contributed by atoms with van der Waals surface area (Å²) in [6.45, 7) is 26.9. The van der Waals surface area contributed by atoms with Gasteiger partial charge in [-0.3, -0.25) is 24.0 Å². The molecule has 0 radical (unpaired) electrons. The van der Waals surface area contributed by atoms with Crippen molar-refractivity contribution in [1.29, 1.82) is 0 Å². The Kier molecular flexibility index (Phi) is 26.5. The number of aromatic nitrogens is 12. The summed E-state index contributed by atoms with van der Waals surface area (Å²) in [6.07, 6.45) is 27.4. The Bertz CT molecular complexity index is 5220. The van der Waals surface area contributed by atoms with Gasteiger partial charge in [-0.05, 0) is 87.5 Å². The number of aliphatic hydroxyl groups excluding tert-OH is 1. The second kappa shape index (κ2) is 36.8. The molecule has 0 unspecified atom stereocenters. The van der Waals surface area contributed by atoms with Crippen LogP contribution in [0.5, 0.6) is 0 Å². The van der Waals surface area contributed by atoms with Gasteiger partial charge >= 0.3 is 0 Å². The number of H-pyrrole nitrogens is 4. The van der Waals surface area contributed by atoms with Crippen LogP contribution in [0.3, 0.4) is 0 Å². The Morgan fingerprint density at radius 2 is 0.730 bits per heavy atom. The quantitative estimate of drug-likeness (QED) is 0.0317. The third kappa shape index (κ3) is 19.4. The van der Waals surface area contributed by atoms with Crippen LogP contribution in [-0.2, 0) is 38.1 Å². The number of hydrogen-bond donors (Lipinski definition) is 10. The standard InChI is InChI=1S/C22H29N5O2S.C21H25N5O2S.C20H24FN5OS.C20H25N5O2S/c1-5-18(28)27-11-13(2)8-14(12-27)26-19-15-6-7-23-20(15)24-9-16(19)21-25-10-17(30-21)22(3,4)29;1-4-18(28)26-10-12(2)7-14(11-26)25-19-15-5-6-22-20(15)23-8-16(19)21-24-9-17(29-21)13(3)27;1-3-17(27)26-10-12(2)6-13(11-26)25-18-15-4-5-22-19(15)23-9-16(18)20-24-8-14(7-21)28-20;1-3-17(27)25-9-12(2)6-13(10-25)24-18-15-4-5-21-19(15)22-8-16(18)20-23-7-14(11-26)28-20/h6-7,9-10,13-14,29H,5,8,11-12H2,1-4H3,(H2,23,24,26);5-6,8-9,12,14H,4,7,10-11H2,1-3H3,(H2,22,23,25);4-5,8-9,12-13H,3,6-7,10-11H2,1-2H3,(H2,22,23,25);4-5,7-8,12-13,26H,3,6,9-11H2,1-2H3,(H2,21,22,24)/t13-,14+;12-,14+;2*12-,13+/m0000/s1. The molecule has 16 heterocycles. The summed E-state index contributed by atoms with van der Waals surface area (Å²) in [5, 5.41) is 41.6. The molecule has 0 bridgehead atoms. The Morgan fingerprint density at radius 1 is 0.435 bits per heavy atom. The van der Waals surface area contributed by atoms with Crippen LogP contribution in [0.4, 0.5) is 27.1 Å². The Hall–Kier alpha value is -10.1. The number of likely N-dealkylation sites (tertiary alicyclic amines) is 4. The first-order valence-corrected chi connectivity index (χ1v) is 42.9. The number of aromatic amines is 4. The molecule has 4 aliphatic heterocycles. The van der Waals surface area contributed by atoms with Crippen molar-refractivity contribution < 1.29 is 38.6 Å². The van der Waals surface area contributed by atoms with Gasteiger partial charge in [0.15, 0.2) is 5.78 Å². The Balaban J connectivity index is 0.000000134. The predicted octanol–water partition coefficient (Wildman–Crippen LogP) is 15.4. The molecule has 4 aliphatic rings. The minimum absolute atomic E-state index is 0.00812. The SMILES string of the molecule is CCC(=O)N1C[C@@H](C)C[C@@H](Nc2c(-c3ncc(C(C)(C)O)s3)cnc3[nH]ccc23)C1.CCC(=O)N1C[C@@H](C)C[C@@H](Nc2c(-c3ncc(C(C)=O)s3)cnc3[nH]ccc23)C1.CCC(=O)N1C[C@@H](C)C[C@@H](Nc2c(-c3ncc(CF)s3)cnc3[nH]ccc23)C1.CCC(=O)N1C[C@@H](C)C[C@@H](Nc2c(-c3ncc(CO)s3)cnc3[nH]ccc23)C1. The average molecular weight is 1640 g/mol. The molecule has 12 aromatic heterocycles. The first-order chi connectivity index (χ1) is 55.4. The molecule has 4 saturated heterocycles. The zero-order chi connectivity index (χ0) is 81.4. The molecule has 0 spiro atoms. The Morgan fingerprint density at radius 3 is 1.00 bits per heavy atom. The van der Waals surface area contributed by atoms with E-state index in [1.54, 1.807) is 58.0 Å². The van der Waals surface area contributed by atoms with Crippen molar-refractivity contribution in [2.24, 2.45) is 23.7 Å². The lowest BCUT2D eigenvalue weighted by Crippen LogP contribution is -2.48. The topological polar surface area (TPSA) is 353 Å². The number of rotatable bonds is 20. The fourth-order valence-electron chi connectivity index (χ4n) is 15.9.